The third kappa shape index (κ3) is 4.86. The number of hydrogen-bond donors (Lipinski definition) is 2. The van der Waals surface area contributed by atoms with Gasteiger partial charge in [-0.3, -0.25) is 5.32 Å². The molecule has 3 rings (SSSR count). The zero-order valence-electron chi connectivity index (χ0n) is 15.4. The molecule has 7 nitrogen and oxygen atoms in total. The molecule has 0 unspecified atom stereocenters. The fourth-order valence-corrected chi connectivity index (χ4v) is 3.14. The second kappa shape index (κ2) is 9.01. The molecule has 0 saturated carbocycles. The van der Waals surface area contributed by atoms with Gasteiger partial charge in [0.25, 0.3) is 0 Å². The van der Waals surface area contributed by atoms with Crippen LogP contribution in [0.2, 0.25) is 0 Å². The van der Waals surface area contributed by atoms with E-state index in [2.05, 4.69) is 20.4 Å². The van der Waals surface area contributed by atoms with Gasteiger partial charge in [-0.2, -0.15) is 0 Å². The molecule has 0 aliphatic heterocycles. The van der Waals surface area contributed by atoms with Crippen molar-refractivity contribution in [1.29, 1.82) is 0 Å². The predicted octanol–water partition coefficient (Wildman–Crippen LogP) is 3.93. The van der Waals surface area contributed by atoms with Gasteiger partial charge in [0, 0.05) is 17.5 Å². The Morgan fingerprint density at radius 2 is 1.75 bits per heavy atom. The first kappa shape index (κ1) is 19.4. The lowest BCUT2D eigenvalue weighted by Crippen LogP contribution is -2.28. The molecule has 0 aliphatic carbocycles. The lowest BCUT2D eigenvalue weighted by atomic mass is 10.1. The molecular formula is C20H19N3O4S. The van der Waals surface area contributed by atoms with Gasteiger partial charge in [-0.1, -0.05) is 24.3 Å². The topological polar surface area (TPSA) is 89.5 Å². The Labute approximate surface area is 166 Å². The number of methoxy groups -OCH3 is 2. The van der Waals surface area contributed by atoms with Crippen molar-refractivity contribution in [3.8, 4) is 17.0 Å². The molecule has 0 spiro atoms. The third-order valence-corrected chi connectivity index (χ3v) is 4.70. The van der Waals surface area contributed by atoms with Crippen LogP contribution in [0.1, 0.15) is 15.9 Å². The van der Waals surface area contributed by atoms with Crippen LogP contribution < -0.4 is 15.4 Å². The summed E-state index contributed by atoms with van der Waals surface area (Å²) in [5.74, 6) is 0.379. The number of esters is 1. The maximum absolute atomic E-state index is 12.1. The van der Waals surface area contributed by atoms with Crippen molar-refractivity contribution in [3.63, 3.8) is 0 Å². The van der Waals surface area contributed by atoms with E-state index in [1.165, 1.54) is 18.4 Å². The fourth-order valence-electron chi connectivity index (χ4n) is 2.43. The summed E-state index contributed by atoms with van der Waals surface area (Å²) < 4.78 is 9.79. The Morgan fingerprint density at radius 1 is 1.04 bits per heavy atom. The van der Waals surface area contributed by atoms with E-state index in [0.717, 1.165) is 16.9 Å². The van der Waals surface area contributed by atoms with Crippen molar-refractivity contribution in [1.82, 2.24) is 10.3 Å². The van der Waals surface area contributed by atoms with Gasteiger partial charge in [0.15, 0.2) is 5.13 Å². The van der Waals surface area contributed by atoms with E-state index in [9.17, 15) is 9.59 Å². The number of thiazole rings is 1. The molecule has 2 N–H and O–H groups in total. The number of rotatable bonds is 6. The van der Waals surface area contributed by atoms with E-state index in [-0.39, 0.29) is 12.0 Å². The number of nitrogens with one attached hydrogen (secondary N) is 2. The Bertz CT molecular complexity index is 952. The van der Waals surface area contributed by atoms with Crippen molar-refractivity contribution < 1.29 is 19.1 Å². The van der Waals surface area contributed by atoms with Crippen LogP contribution in [0.5, 0.6) is 5.75 Å². The van der Waals surface area contributed by atoms with Gasteiger partial charge >= 0.3 is 12.0 Å². The smallest absolute Gasteiger partial charge is 0.337 e. The van der Waals surface area contributed by atoms with Crippen LogP contribution in [0.25, 0.3) is 11.3 Å². The summed E-state index contributed by atoms with van der Waals surface area (Å²) in [5.41, 5.74) is 2.99. The number of carbonyl (C=O) groups excluding carboxylic acids is 2. The molecule has 1 aromatic heterocycles. The number of aromatic nitrogens is 1. The first-order valence-corrected chi connectivity index (χ1v) is 9.29. The number of amides is 2. The molecular weight excluding hydrogens is 378 g/mol. The molecule has 2 amide bonds. The van der Waals surface area contributed by atoms with E-state index >= 15 is 0 Å². The highest BCUT2D eigenvalue weighted by atomic mass is 32.1. The number of anilines is 1. The molecule has 28 heavy (non-hydrogen) atoms. The third-order valence-electron chi connectivity index (χ3n) is 3.94. The van der Waals surface area contributed by atoms with Crippen LogP contribution in [0.15, 0.2) is 53.9 Å². The minimum atomic E-state index is -0.388. The number of hydrogen-bond acceptors (Lipinski definition) is 6. The van der Waals surface area contributed by atoms with E-state index in [4.69, 9.17) is 4.74 Å². The Kier molecular flexibility index (Phi) is 6.23. The summed E-state index contributed by atoms with van der Waals surface area (Å²) in [6.45, 7) is 0.392. The molecule has 144 valence electrons. The molecule has 0 fully saturated rings. The van der Waals surface area contributed by atoms with E-state index in [1.54, 1.807) is 31.4 Å². The molecule has 0 bridgehead atoms. The Hall–Kier alpha value is -3.39. The molecule has 1 heterocycles. The second-order valence-corrected chi connectivity index (χ2v) is 6.62. The normalized spacial score (nSPS) is 10.2. The number of carbonyl (C=O) groups is 2. The summed E-state index contributed by atoms with van der Waals surface area (Å²) in [4.78, 5) is 28.0. The quantitative estimate of drug-likeness (QED) is 0.615. The monoisotopic (exact) mass is 397 g/mol. The van der Waals surface area contributed by atoms with Crippen molar-refractivity contribution >= 4 is 28.5 Å². The van der Waals surface area contributed by atoms with Gasteiger partial charge < -0.3 is 14.8 Å². The van der Waals surface area contributed by atoms with Crippen LogP contribution in [0, 0.1) is 0 Å². The van der Waals surface area contributed by atoms with Crippen LogP contribution in [0.4, 0.5) is 9.93 Å². The van der Waals surface area contributed by atoms with Crippen LogP contribution >= 0.6 is 11.3 Å². The van der Waals surface area contributed by atoms with Gasteiger partial charge in [-0.15, -0.1) is 11.3 Å². The summed E-state index contributed by atoms with van der Waals surface area (Å²) in [6.07, 6.45) is 0. The van der Waals surface area contributed by atoms with Crippen LogP contribution in [-0.4, -0.2) is 31.2 Å². The molecule has 2 aromatic carbocycles. The fraction of sp³-hybridized carbons (Fsp3) is 0.150. The highest BCUT2D eigenvalue weighted by Gasteiger charge is 2.10. The molecule has 0 radical (unpaired) electrons. The number of urea groups is 1. The Morgan fingerprint density at radius 3 is 2.39 bits per heavy atom. The zero-order chi connectivity index (χ0) is 19.9. The largest absolute Gasteiger partial charge is 0.497 e. The Balaban J connectivity index is 1.56. The lowest BCUT2D eigenvalue weighted by Gasteiger charge is -2.06. The van der Waals surface area contributed by atoms with Crippen molar-refractivity contribution in [2.45, 2.75) is 6.54 Å². The maximum atomic E-state index is 12.1. The summed E-state index contributed by atoms with van der Waals surface area (Å²) in [6, 6.07) is 14.0. The number of nitrogens with zero attached hydrogens (tertiary/aromatic N) is 1. The van der Waals surface area contributed by atoms with Crippen molar-refractivity contribution in [2.75, 3.05) is 19.5 Å². The van der Waals surface area contributed by atoms with E-state index < -0.39 is 0 Å². The van der Waals surface area contributed by atoms with Crippen molar-refractivity contribution in [3.05, 3.63) is 65.0 Å². The molecule has 0 atom stereocenters. The van der Waals surface area contributed by atoms with Gasteiger partial charge in [0.1, 0.15) is 5.75 Å². The predicted molar refractivity (Wildman–Crippen MR) is 108 cm³/mol. The van der Waals surface area contributed by atoms with Crippen molar-refractivity contribution in [2.24, 2.45) is 0 Å². The standard InChI is InChI=1S/C20H19N3O4S/c1-26-16-9-3-13(4-10-16)11-21-19(25)23-20-22-17(12-28-20)14-5-7-15(8-6-14)18(24)27-2/h3-10,12H,11H2,1-2H3,(H2,21,22,23,25). The van der Waals surface area contributed by atoms with E-state index in [0.29, 0.717) is 22.9 Å². The van der Waals surface area contributed by atoms with Crippen LogP contribution in [-0.2, 0) is 11.3 Å². The molecule has 8 heteroatoms. The minimum Gasteiger partial charge on any atom is -0.497 e. The van der Waals surface area contributed by atoms with Gasteiger partial charge in [0.2, 0.25) is 0 Å². The number of ether oxygens (including phenoxy) is 2. The molecule has 3 aromatic rings. The second-order valence-electron chi connectivity index (χ2n) is 5.76. The molecule has 0 saturated heterocycles. The summed E-state index contributed by atoms with van der Waals surface area (Å²) >= 11 is 1.32. The summed E-state index contributed by atoms with van der Waals surface area (Å²) in [7, 11) is 2.95. The van der Waals surface area contributed by atoms with Gasteiger partial charge in [-0.25, -0.2) is 14.6 Å². The van der Waals surface area contributed by atoms with E-state index in [1.807, 2.05) is 29.6 Å². The maximum Gasteiger partial charge on any atom is 0.337 e. The highest BCUT2D eigenvalue weighted by Crippen LogP contribution is 2.25. The van der Waals surface area contributed by atoms with Gasteiger partial charge in [-0.05, 0) is 29.8 Å². The summed E-state index contributed by atoms with van der Waals surface area (Å²) in [5, 5.41) is 7.83. The SMILES string of the molecule is COC(=O)c1ccc(-c2csc(NC(=O)NCc3ccc(OC)cc3)n2)cc1. The molecule has 0 aliphatic rings. The zero-order valence-corrected chi connectivity index (χ0v) is 16.2. The average molecular weight is 397 g/mol. The lowest BCUT2D eigenvalue weighted by molar-refractivity contribution is 0.0600. The minimum absolute atomic E-state index is 0.335. The highest BCUT2D eigenvalue weighted by molar-refractivity contribution is 7.14. The van der Waals surface area contributed by atoms with Crippen LogP contribution in [0.3, 0.4) is 0 Å². The van der Waals surface area contributed by atoms with Gasteiger partial charge in [0.05, 0.1) is 25.5 Å². The number of benzene rings is 2. The average Bonchev–Trinajstić information content (AvgIpc) is 3.20. The first-order chi connectivity index (χ1) is 13.6. The first-order valence-electron chi connectivity index (χ1n) is 8.41.